The molecule has 6 nitrogen and oxygen atoms in total. The van der Waals surface area contributed by atoms with Crippen molar-refractivity contribution in [2.75, 3.05) is 7.11 Å². The molecule has 6 heteroatoms. The summed E-state index contributed by atoms with van der Waals surface area (Å²) in [5.74, 6) is 1.08. The fourth-order valence-corrected chi connectivity index (χ4v) is 4.20. The van der Waals surface area contributed by atoms with E-state index in [1.54, 1.807) is 22.6 Å². The van der Waals surface area contributed by atoms with Crippen molar-refractivity contribution in [2.45, 2.75) is 39.3 Å². The number of benzene rings is 3. The van der Waals surface area contributed by atoms with E-state index in [0.717, 1.165) is 12.0 Å². The summed E-state index contributed by atoms with van der Waals surface area (Å²) >= 11 is 0. The lowest BCUT2D eigenvalue weighted by molar-refractivity contribution is -0.134. The van der Waals surface area contributed by atoms with Gasteiger partial charge in [-0.1, -0.05) is 61.5 Å². The highest BCUT2D eigenvalue weighted by atomic mass is 16.5. The molecule has 3 aromatic carbocycles. The van der Waals surface area contributed by atoms with Gasteiger partial charge in [0.05, 0.1) is 29.7 Å². The van der Waals surface area contributed by atoms with E-state index in [9.17, 15) is 9.59 Å². The number of amides is 1. The van der Waals surface area contributed by atoms with E-state index >= 15 is 0 Å². The molecule has 0 spiro atoms. The second kappa shape index (κ2) is 10.3. The SMILES string of the molecule is CCCC(=O)N(Cc1ccccc1)C(C)c1nc2ccccc2c(=O)n1-c1ccccc1OC. The van der Waals surface area contributed by atoms with Gasteiger partial charge in [-0.3, -0.25) is 14.2 Å². The number of hydrogen-bond acceptors (Lipinski definition) is 4. The molecule has 0 aliphatic heterocycles. The first-order valence-electron chi connectivity index (χ1n) is 11.5. The Balaban J connectivity index is 1.93. The highest BCUT2D eigenvalue weighted by molar-refractivity contribution is 5.79. The van der Waals surface area contributed by atoms with Crippen LogP contribution in [0.15, 0.2) is 83.7 Å². The molecule has 174 valence electrons. The van der Waals surface area contributed by atoms with Gasteiger partial charge in [-0.25, -0.2) is 4.98 Å². The number of ether oxygens (including phenoxy) is 1. The molecule has 0 saturated carbocycles. The maximum atomic E-state index is 13.8. The van der Waals surface area contributed by atoms with E-state index < -0.39 is 6.04 Å². The summed E-state index contributed by atoms with van der Waals surface area (Å²) in [5.41, 5.74) is 2.02. The zero-order valence-electron chi connectivity index (χ0n) is 19.8. The minimum Gasteiger partial charge on any atom is -0.495 e. The molecule has 0 saturated heterocycles. The first-order valence-corrected chi connectivity index (χ1v) is 11.5. The molecule has 4 rings (SSSR count). The van der Waals surface area contributed by atoms with Gasteiger partial charge < -0.3 is 9.64 Å². The van der Waals surface area contributed by atoms with Gasteiger partial charge in [0.25, 0.3) is 5.56 Å². The normalized spacial score (nSPS) is 11.9. The van der Waals surface area contributed by atoms with Gasteiger partial charge in [0.1, 0.15) is 11.6 Å². The number of aromatic nitrogens is 2. The first-order chi connectivity index (χ1) is 16.5. The number of nitrogens with zero attached hydrogens (tertiary/aromatic N) is 3. The Labute approximate surface area is 199 Å². The van der Waals surface area contributed by atoms with Crippen molar-refractivity contribution in [3.05, 3.63) is 101 Å². The molecule has 0 fully saturated rings. The number of hydrogen-bond donors (Lipinski definition) is 0. The minimum absolute atomic E-state index is 0.0211. The third-order valence-electron chi connectivity index (χ3n) is 5.95. The Bertz CT molecular complexity index is 1350. The molecule has 1 heterocycles. The van der Waals surface area contributed by atoms with Crippen LogP contribution in [-0.4, -0.2) is 27.5 Å². The van der Waals surface area contributed by atoms with Crippen molar-refractivity contribution in [1.29, 1.82) is 0 Å². The monoisotopic (exact) mass is 455 g/mol. The van der Waals surface area contributed by atoms with Crippen LogP contribution in [0, 0.1) is 0 Å². The fraction of sp³-hybridized carbons (Fsp3) is 0.250. The Hall–Kier alpha value is -3.93. The molecule has 0 radical (unpaired) electrons. The van der Waals surface area contributed by atoms with Crippen LogP contribution < -0.4 is 10.3 Å². The van der Waals surface area contributed by atoms with Gasteiger partial charge in [0, 0.05) is 13.0 Å². The zero-order chi connectivity index (χ0) is 24.1. The van der Waals surface area contributed by atoms with Gasteiger partial charge in [-0.2, -0.15) is 0 Å². The van der Waals surface area contributed by atoms with Crippen LogP contribution in [0.2, 0.25) is 0 Å². The molecular formula is C28H29N3O3. The van der Waals surface area contributed by atoms with Crippen LogP contribution in [0.3, 0.4) is 0 Å². The summed E-state index contributed by atoms with van der Waals surface area (Å²) in [6, 6.07) is 24.1. The zero-order valence-corrected chi connectivity index (χ0v) is 19.8. The summed E-state index contributed by atoms with van der Waals surface area (Å²) in [4.78, 5) is 33.7. The van der Waals surface area contributed by atoms with Crippen molar-refractivity contribution in [3.63, 3.8) is 0 Å². The van der Waals surface area contributed by atoms with Gasteiger partial charge in [0.2, 0.25) is 5.91 Å². The van der Waals surface area contributed by atoms with Gasteiger partial charge in [-0.05, 0) is 43.2 Å². The Kier molecular flexibility index (Phi) is 7.07. The average Bonchev–Trinajstić information content (AvgIpc) is 2.87. The van der Waals surface area contributed by atoms with Crippen molar-refractivity contribution < 1.29 is 9.53 Å². The van der Waals surface area contributed by atoms with Crippen LogP contribution in [0.25, 0.3) is 16.6 Å². The predicted molar refractivity (Wildman–Crippen MR) is 134 cm³/mol. The van der Waals surface area contributed by atoms with Crippen molar-refractivity contribution in [1.82, 2.24) is 14.5 Å². The molecule has 0 aliphatic carbocycles. The van der Waals surface area contributed by atoms with Gasteiger partial charge >= 0.3 is 0 Å². The van der Waals surface area contributed by atoms with Crippen LogP contribution in [-0.2, 0) is 11.3 Å². The summed E-state index contributed by atoms with van der Waals surface area (Å²) in [7, 11) is 1.58. The Morgan fingerprint density at radius 2 is 1.68 bits per heavy atom. The lowest BCUT2D eigenvalue weighted by Crippen LogP contribution is -2.37. The Morgan fingerprint density at radius 1 is 1.00 bits per heavy atom. The smallest absolute Gasteiger partial charge is 0.266 e. The number of rotatable bonds is 8. The predicted octanol–water partition coefficient (Wildman–Crippen LogP) is 5.28. The lowest BCUT2D eigenvalue weighted by Gasteiger charge is -2.31. The second-order valence-corrected chi connectivity index (χ2v) is 8.23. The molecule has 0 aliphatic rings. The first kappa shape index (κ1) is 23.2. The highest BCUT2D eigenvalue weighted by Crippen LogP contribution is 2.29. The molecule has 34 heavy (non-hydrogen) atoms. The number of carbonyl (C=O) groups is 1. The van der Waals surface area contributed by atoms with Crippen LogP contribution in [0.1, 0.15) is 44.1 Å². The van der Waals surface area contributed by atoms with E-state index in [0.29, 0.717) is 41.1 Å². The summed E-state index contributed by atoms with van der Waals surface area (Å²) < 4.78 is 7.16. The maximum absolute atomic E-state index is 13.8. The second-order valence-electron chi connectivity index (χ2n) is 8.23. The fourth-order valence-electron chi connectivity index (χ4n) is 4.20. The lowest BCUT2D eigenvalue weighted by atomic mass is 10.1. The number of fused-ring (bicyclic) bond motifs is 1. The van der Waals surface area contributed by atoms with E-state index in [1.807, 2.05) is 86.6 Å². The third kappa shape index (κ3) is 4.57. The highest BCUT2D eigenvalue weighted by Gasteiger charge is 2.27. The van der Waals surface area contributed by atoms with Crippen molar-refractivity contribution in [3.8, 4) is 11.4 Å². The molecule has 0 bridgehead atoms. The van der Waals surface area contributed by atoms with E-state index in [4.69, 9.17) is 9.72 Å². The summed E-state index contributed by atoms with van der Waals surface area (Å²) in [6.07, 6.45) is 1.16. The van der Waals surface area contributed by atoms with Crippen molar-refractivity contribution in [2.24, 2.45) is 0 Å². The van der Waals surface area contributed by atoms with Gasteiger partial charge in [-0.15, -0.1) is 0 Å². The molecule has 1 aromatic heterocycles. The van der Waals surface area contributed by atoms with Crippen LogP contribution in [0.4, 0.5) is 0 Å². The van der Waals surface area contributed by atoms with Gasteiger partial charge in [0.15, 0.2) is 0 Å². The number of methoxy groups -OCH3 is 1. The minimum atomic E-state index is -0.457. The average molecular weight is 456 g/mol. The summed E-state index contributed by atoms with van der Waals surface area (Å²) in [5, 5.41) is 0.513. The Morgan fingerprint density at radius 3 is 2.41 bits per heavy atom. The standard InChI is InChI=1S/C28H29N3O3/c1-4-12-26(32)30(19-21-13-6-5-7-14-21)20(2)27-29-23-16-9-8-15-22(23)28(33)31(27)24-17-10-11-18-25(24)34-3/h5-11,13-18,20H,4,12,19H2,1-3H3. The topological polar surface area (TPSA) is 64.4 Å². The molecule has 1 atom stereocenters. The van der Waals surface area contributed by atoms with E-state index in [1.165, 1.54) is 0 Å². The quantitative estimate of drug-likeness (QED) is 0.362. The molecular weight excluding hydrogens is 426 g/mol. The third-order valence-corrected chi connectivity index (χ3v) is 5.95. The van der Waals surface area contributed by atoms with Crippen molar-refractivity contribution >= 4 is 16.8 Å². The van der Waals surface area contributed by atoms with Crippen LogP contribution in [0.5, 0.6) is 5.75 Å². The number of para-hydroxylation sites is 3. The summed E-state index contributed by atoms with van der Waals surface area (Å²) in [6.45, 7) is 4.34. The molecule has 4 aromatic rings. The molecule has 0 N–H and O–H groups in total. The maximum Gasteiger partial charge on any atom is 0.266 e. The van der Waals surface area contributed by atoms with E-state index in [2.05, 4.69) is 0 Å². The number of carbonyl (C=O) groups excluding carboxylic acids is 1. The molecule has 1 amide bonds. The van der Waals surface area contributed by atoms with Crippen LogP contribution >= 0.6 is 0 Å². The molecule has 1 unspecified atom stereocenters. The largest absolute Gasteiger partial charge is 0.495 e. The van der Waals surface area contributed by atoms with E-state index in [-0.39, 0.29) is 11.5 Å².